The molecular formula is C8H14O2. The Labute approximate surface area is 61.8 Å². The van der Waals surface area contributed by atoms with E-state index in [0.717, 1.165) is 19.6 Å². The molecule has 0 radical (unpaired) electrons. The molecule has 0 N–H and O–H groups in total. The van der Waals surface area contributed by atoms with Crippen molar-refractivity contribution in [2.45, 2.75) is 26.1 Å². The van der Waals surface area contributed by atoms with Crippen LogP contribution in [-0.4, -0.2) is 19.0 Å². The van der Waals surface area contributed by atoms with E-state index in [0.29, 0.717) is 0 Å². The van der Waals surface area contributed by atoms with Gasteiger partial charge >= 0.3 is 0 Å². The SMILES string of the molecule is CC=CCC1(C)OCCO1. The first-order chi connectivity index (χ1) is 4.77. The van der Waals surface area contributed by atoms with Crippen LogP contribution in [0.5, 0.6) is 0 Å². The Morgan fingerprint density at radius 2 is 2.00 bits per heavy atom. The summed E-state index contributed by atoms with van der Waals surface area (Å²) >= 11 is 0. The lowest BCUT2D eigenvalue weighted by atomic mass is 10.2. The van der Waals surface area contributed by atoms with Crippen molar-refractivity contribution in [3.63, 3.8) is 0 Å². The highest BCUT2D eigenvalue weighted by Crippen LogP contribution is 2.22. The fraction of sp³-hybridized carbons (Fsp3) is 0.750. The summed E-state index contributed by atoms with van der Waals surface area (Å²) in [6, 6.07) is 0. The highest BCUT2D eigenvalue weighted by Gasteiger charge is 2.28. The Hall–Kier alpha value is -0.340. The largest absolute Gasteiger partial charge is 0.348 e. The zero-order chi connectivity index (χ0) is 7.45. The molecule has 58 valence electrons. The van der Waals surface area contributed by atoms with Gasteiger partial charge in [0.05, 0.1) is 13.2 Å². The quantitative estimate of drug-likeness (QED) is 0.546. The van der Waals surface area contributed by atoms with Crippen molar-refractivity contribution in [1.82, 2.24) is 0 Å². The molecule has 0 atom stereocenters. The molecule has 0 aromatic heterocycles. The molecule has 10 heavy (non-hydrogen) atoms. The van der Waals surface area contributed by atoms with Crippen LogP contribution in [0.3, 0.4) is 0 Å². The highest BCUT2D eigenvalue weighted by atomic mass is 16.7. The van der Waals surface area contributed by atoms with Crippen molar-refractivity contribution in [2.24, 2.45) is 0 Å². The van der Waals surface area contributed by atoms with E-state index >= 15 is 0 Å². The van der Waals surface area contributed by atoms with Gasteiger partial charge in [0.25, 0.3) is 0 Å². The molecule has 0 aliphatic carbocycles. The predicted octanol–water partition coefficient (Wildman–Crippen LogP) is 1.72. The molecule has 0 aromatic carbocycles. The van der Waals surface area contributed by atoms with E-state index < -0.39 is 0 Å². The topological polar surface area (TPSA) is 18.5 Å². The molecule has 2 nitrogen and oxygen atoms in total. The van der Waals surface area contributed by atoms with Crippen molar-refractivity contribution in [3.05, 3.63) is 12.2 Å². The minimum atomic E-state index is -0.341. The van der Waals surface area contributed by atoms with Crippen LogP contribution in [0.25, 0.3) is 0 Å². The maximum atomic E-state index is 5.37. The molecule has 0 amide bonds. The van der Waals surface area contributed by atoms with Crippen LogP contribution in [0.2, 0.25) is 0 Å². The molecule has 0 spiro atoms. The van der Waals surface area contributed by atoms with Gasteiger partial charge in [0, 0.05) is 6.42 Å². The van der Waals surface area contributed by atoms with Crippen LogP contribution in [-0.2, 0) is 9.47 Å². The van der Waals surface area contributed by atoms with Gasteiger partial charge in [-0.05, 0) is 13.8 Å². The molecule has 1 fully saturated rings. The van der Waals surface area contributed by atoms with E-state index in [-0.39, 0.29) is 5.79 Å². The Morgan fingerprint density at radius 3 is 2.50 bits per heavy atom. The predicted molar refractivity (Wildman–Crippen MR) is 39.7 cm³/mol. The van der Waals surface area contributed by atoms with Crippen molar-refractivity contribution < 1.29 is 9.47 Å². The van der Waals surface area contributed by atoms with Gasteiger partial charge in [0.15, 0.2) is 5.79 Å². The minimum absolute atomic E-state index is 0.341. The number of hydrogen-bond donors (Lipinski definition) is 0. The average molecular weight is 142 g/mol. The van der Waals surface area contributed by atoms with Crippen molar-refractivity contribution in [2.75, 3.05) is 13.2 Å². The average Bonchev–Trinajstić information content (AvgIpc) is 2.33. The van der Waals surface area contributed by atoms with Crippen molar-refractivity contribution in [3.8, 4) is 0 Å². The van der Waals surface area contributed by atoms with Gasteiger partial charge in [-0.25, -0.2) is 0 Å². The summed E-state index contributed by atoms with van der Waals surface area (Å²) in [7, 11) is 0. The van der Waals surface area contributed by atoms with E-state index in [1.807, 2.05) is 19.9 Å². The molecule has 0 saturated carbocycles. The van der Waals surface area contributed by atoms with E-state index in [4.69, 9.17) is 9.47 Å². The number of ether oxygens (including phenoxy) is 2. The summed E-state index contributed by atoms with van der Waals surface area (Å²) in [6.07, 6.45) is 4.92. The van der Waals surface area contributed by atoms with Gasteiger partial charge < -0.3 is 9.47 Å². The molecule has 1 saturated heterocycles. The zero-order valence-corrected chi connectivity index (χ0v) is 6.59. The molecule has 2 heteroatoms. The van der Waals surface area contributed by atoms with Crippen LogP contribution in [0.1, 0.15) is 20.3 Å². The first-order valence-corrected chi connectivity index (χ1v) is 3.66. The third kappa shape index (κ3) is 1.82. The van der Waals surface area contributed by atoms with Crippen molar-refractivity contribution in [1.29, 1.82) is 0 Å². The fourth-order valence-corrected chi connectivity index (χ4v) is 1.01. The van der Waals surface area contributed by atoms with Crippen LogP contribution in [0.15, 0.2) is 12.2 Å². The first kappa shape index (κ1) is 7.76. The van der Waals surface area contributed by atoms with Crippen LogP contribution < -0.4 is 0 Å². The second-order valence-corrected chi connectivity index (χ2v) is 2.60. The Morgan fingerprint density at radius 1 is 1.40 bits per heavy atom. The number of hydrogen-bond acceptors (Lipinski definition) is 2. The maximum Gasteiger partial charge on any atom is 0.169 e. The van der Waals surface area contributed by atoms with Gasteiger partial charge in [-0.3, -0.25) is 0 Å². The molecule has 1 aliphatic heterocycles. The number of rotatable bonds is 2. The summed E-state index contributed by atoms with van der Waals surface area (Å²) in [6.45, 7) is 5.43. The fourth-order valence-electron chi connectivity index (χ4n) is 1.01. The summed E-state index contributed by atoms with van der Waals surface area (Å²) < 4.78 is 10.7. The maximum absolute atomic E-state index is 5.37. The molecule has 1 heterocycles. The molecule has 1 rings (SSSR count). The van der Waals surface area contributed by atoms with Crippen LogP contribution in [0.4, 0.5) is 0 Å². The second-order valence-electron chi connectivity index (χ2n) is 2.60. The molecule has 1 aliphatic rings. The Kier molecular flexibility index (Phi) is 2.46. The minimum Gasteiger partial charge on any atom is -0.348 e. The molecule has 0 bridgehead atoms. The normalized spacial score (nSPS) is 24.2. The van der Waals surface area contributed by atoms with E-state index in [1.165, 1.54) is 0 Å². The van der Waals surface area contributed by atoms with Crippen LogP contribution in [0, 0.1) is 0 Å². The first-order valence-electron chi connectivity index (χ1n) is 3.66. The number of allylic oxidation sites excluding steroid dienone is 1. The van der Waals surface area contributed by atoms with Gasteiger partial charge in [0.2, 0.25) is 0 Å². The third-order valence-corrected chi connectivity index (χ3v) is 1.62. The standard InChI is InChI=1S/C8H14O2/c1-3-4-5-8(2)9-6-7-10-8/h3-4H,5-7H2,1-2H3. The van der Waals surface area contributed by atoms with E-state index in [1.54, 1.807) is 0 Å². The Bertz CT molecular complexity index is 123. The second kappa shape index (κ2) is 3.17. The third-order valence-electron chi connectivity index (χ3n) is 1.62. The lowest BCUT2D eigenvalue weighted by molar-refractivity contribution is -0.138. The summed E-state index contributed by atoms with van der Waals surface area (Å²) in [5.74, 6) is -0.341. The van der Waals surface area contributed by atoms with Gasteiger partial charge in [-0.15, -0.1) is 0 Å². The van der Waals surface area contributed by atoms with Gasteiger partial charge in [-0.1, -0.05) is 12.2 Å². The summed E-state index contributed by atoms with van der Waals surface area (Å²) in [4.78, 5) is 0. The smallest absolute Gasteiger partial charge is 0.169 e. The molecular weight excluding hydrogens is 128 g/mol. The van der Waals surface area contributed by atoms with Crippen LogP contribution >= 0.6 is 0 Å². The lowest BCUT2D eigenvalue weighted by Crippen LogP contribution is -2.23. The highest BCUT2D eigenvalue weighted by molar-refractivity contribution is 4.84. The summed E-state index contributed by atoms with van der Waals surface area (Å²) in [5, 5.41) is 0. The lowest BCUT2D eigenvalue weighted by Gasteiger charge is -2.19. The monoisotopic (exact) mass is 142 g/mol. The molecule has 0 aromatic rings. The summed E-state index contributed by atoms with van der Waals surface area (Å²) in [5.41, 5.74) is 0. The Balaban J connectivity index is 2.35. The van der Waals surface area contributed by atoms with Crippen molar-refractivity contribution >= 4 is 0 Å². The van der Waals surface area contributed by atoms with Gasteiger partial charge in [-0.2, -0.15) is 0 Å². The van der Waals surface area contributed by atoms with E-state index in [2.05, 4.69) is 6.08 Å². The van der Waals surface area contributed by atoms with E-state index in [9.17, 15) is 0 Å². The zero-order valence-electron chi connectivity index (χ0n) is 6.59. The molecule has 0 unspecified atom stereocenters. The van der Waals surface area contributed by atoms with Gasteiger partial charge in [0.1, 0.15) is 0 Å².